The highest BCUT2D eigenvalue weighted by Gasteiger charge is 2.23. The van der Waals surface area contributed by atoms with Gasteiger partial charge < -0.3 is 15.4 Å². The average molecular weight is 282 g/mol. The summed E-state index contributed by atoms with van der Waals surface area (Å²) in [5, 5.41) is 0. The monoisotopic (exact) mass is 282 g/mol. The van der Waals surface area contributed by atoms with Crippen LogP contribution < -0.4 is 10.5 Å². The molecule has 1 atom stereocenters. The minimum atomic E-state index is -0.338. The molecule has 4 nitrogen and oxygen atoms in total. The highest BCUT2D eigenvalue weighted by molar-refractivity contribution is 5.79. The van der Waals surface area contributed by atoms with Crippen molar-refractivity contribution in [3.05, 3.63) is 30.1 Å². The molecule has 0 fully saturated rings. The van der Waals surface area contributed by atoms with E-state index in [1.54, 1.807) is 24.1 Å². The van der Waals surface area contributed by atoms with Crippen LogP contribution in [0.2, 0.25) is 0 Å². The predicted octanol–water partition coefficient (Wildman–Crippen LogP) is 1.89. The molecule has 0 saturated heterocycles. The topological polar surface area (TPSA) is 55.6 Å². The second-order valence-electron chi connectivity index (χ2n) is 5.15. The molecular formula is C15H23FN2O2. The van der Waals surface area contributed by atoms with Crippen molar-refractivity contribution in [2.75, 3.05) is 26.7 Å². The molecule has 2 N–H and O–H groups in total. The molecular weight excluding hydrogens is 259 g/mol. The van der Waals surface area contributed by atoms with Crippen LogP contribution in [0.5, 0.6) is 5.75 Å². The molecule has 5 heteroatoms. The van der Waals surface area contributed by atoms with Crippen molar-refractivity contribution < 1.29 is 13.9 Å². The number of nitrogens with two attached hydrogens (primary N) is 1. The van der Waals surface area contributed by atoms with E-state index in [-0.39, 0.29) is 23.6 Å². The Morgan fingerprint density at radius 2 is 2.15 bits per heavy atom. The van der Waals surface area contributed by atoms with Gasteiger partial charge in [-0.15, -0.1) is 0 Å². The lowest BCUT2D eigenvalue weighted by Crippen LogP contribution is -2.40. The Kier molecular flexibility index (Phi) is 6.45. The summed E-state index contributed by atoms with van der Waals surface area (Å²) in [5.41, 5.74) is 5.63. The second-order valence-corrected chi connectivity index (χ2v) is 5.15. The van der Waals surface area contributed by atoms with E-state index in [0.29, 0.717) is 25.4 Å². The Morgan fingerprint density at radius 1 is 1.45 bits per heavy atom. The molecule has 20 heavy (non-hydrogen) atoms. The lowest BCUT2D eigenvalue weighted by atomic mass is 9.94. The van der Waals surface area contributed by atoms with Gasteiger partial charge in [0.1, 0.15) is 18.2 Å². The van der Waals surface area contributed by atoms with Crippen molar-refractivity contribution in [1.82, 2.24) is 4.90 Å². The van der Waals surface area contributed by atoms with Gasteiger partial charge in [0.05, 0.1) is 12.5 Å². The third kappa shape index (κ3) is 4.81. The van der Waals surface area contributed by atoms with Crippen LogP contribution in [-0.2, 0) is 4.79 Å². The maximum absolute atomic E-state index is 13.0. The fraction of sp³-hybridized carbons (Fsp3) is 0.533. The largest absolute Gasteiger partial charge is 0.492 e. The van der Waals surface area contributed by atoms with Crippen molar-refractivity contribution in [1.29, 1.82) is 0 Å². The summed E-state index contributed by atoms with van der Waals surface area (Å²) in [6.07, 6.45) is 0. The Bertz CT molecular complexity index is 438. The maximum atomic E-state index is 13.0. The summed E-state index contributed by atoms with van der Waals surface area (Å²) in [6, 6.07) is 5.94. The summed E-state index contributed by atoms with van der Waals surface area (Å²) in [7, 11) is 1.72. The molecule has 0 aliphatic heterocycles. The molecule has 1 unspecified atom stereocenters. The van der Waals surface area contributed by atoms with Crippen LogP contribution in [0.1, 0.15) is 13.8 Å². The van der Waals surface area contributed by atoms with Gasteiger partial charge in [-0.1, -0.05) is 19.9 Å². The van der Waals surface area contributed by atoms with Crippen molar-refractivity contribution in [2.24, 2.45) is 17.6 Å². The van der Waals surface area contributed by atoms with Crippen molar-refractivity contribution >= 4 is 5.91 Å². The first kappa shape index (κ1) is 16.4. The third-order valence-corrected chi connectivity index (χ3v) is 3.24. The summed E-state index contributed by atoms with van der Waals surface area (Å²) >= 11 is 0. The summed E-state index contributed by atoms with van der Waals surface area (Å²) in [4.78, 5) is 13.8. The van der Waals surface area contributed by atoms with Crippen molar-refractivity contribution in [3.63, 3.8) is 0 Å². The molecule has 0 radical (unpaired) electrons. The lowest BCUT2D eigenvalue weighted by molar-refractivity contribution is -0.135. The van der Waals surface area contributed by atoms with Gasteiger partial charge in [0.2, 0.25) is 5.91 Å². The maximum Gasteiger partial charge on any atom is 0.227 e. The SMILES string of the molecule is CC(C)C(CN)C(=O)N(C)CCOc1cccc(F)c1. The number of hydrogen-bond acceptors (Lipinski definition) is 3. The molecule has 0 bridgehead atoms. The molecule has 0 spiro atoms. The van der Waals surface area contributed by atoms with Crippen LogP contribution in [-0.4, -0.2) is 37.6 Å². The second kappa shape index (κ2) is 7.85. The molecule has 0 aromatic heterocycles. The molecule has 1 amide bonds. The van der Waals surface area contributed by atoms with Gasteiger partial charge in [0.25, 0.3) is 0 Å². The van der Waals surface area contributed by atoms with Crippen LogP contribution in [0.4, 0.5) is 4.39 Å². The van der Waals surface area contributed by atoms with Crippen molar-refractivity contribution in [3.8, 4) is 5.75 Å². The number of carbonyl (C=O) groups excluding carboxylic acids is 1. The van der Waals surface area contributed by atoms with Gasteiger partial charge in [-0.2, -0.15) is 0 Å². The van der Waals surface area contributed by atoms with Crippen LogP contribution in [0.25, 0.3) is 0 Å². The van der Waals surface area contributed by atoms with E-state index in [1.807, 2.05) is 13.8 Å². The van der Waals surface area contributed by atoms with Gasteiger partial charge in [-0.25, -0.2) is 4.39 Å². The fourth-order valence-corrected chi connectivity index (χ4v) is 1.91. The Hall–Kier alpha value is -1.62. The molecule has 112 valence electrons. The van der Waals surface area contributed by atoms with Crippen LogP contribution >= 0.6 is 0 Å². The highest BCUT2D eigenvalue weighted by Crippen LogP contribution is 2.13. The summed E-state index contributed by atoms with van der Waals surface area (Å²) in [5.74, 6) is 0.179. The molecule has 1 rings (SSSR count). The first-order valence-corrected chi connectivity index (χ1v) is 6.79. The molecule has 0 saturated carbocycles. The molecule has 1 aromatic carbocycles. The van der Waals surface area contributed by atoms with E-state index in [2.05, 4.69) is 0 Å². The third-order valence-electron chi connectivity index (χ3n) is 3.24. The zero-order chi connectivity index (χ0) is 15.1. The Balaban J connectivity index is 2.43. The van der Waals surface area contributed by atoms with Crippen LogP contribution in [0, 0.1) is 17.7 Å². The molecule has 1 aromatic rings. The van der Waals surface area contributed by atoms with E-state index in [9.17, 15) is 9.18 Å². The number of halogens is 1. The predicted molar refractivity (Wildman–Crippen MR) is 76.9 cm³/mol. The summed E-state index contributed by atoms with van der Waals surface area (Å²) in [6.45, 7) is 5.06. The first-order chi connectivity index (χ1) is 9.45. The van der Waals surface area contributed by atoms with E-state index in [1.165, 1.54) is 12.1 Å². The number of ether oxygens (including phenoxy) is 1. The van der Waals surface area contributed by atoms with Gasteiger partial charge in [0, 0.05) is 19.7 Å². The number of likely N-dealkylation sites (N-methyl/N-ethyl adjacent to an activating group) is 1. The number of hydrogen-bond donors (Lipinski definition) is 1. The Labute approximate surface area is 119 Å². The van der Waals surface area contributed by atoms with Gasteiger partial charge in [0.15, 0.2) is 0 Å². The Morgan fingerprint density at radius 3 is 2.70 bits per heavy atom. The van der Waals surface area contributed by atoms with E-state index in [0.717, 1.165) is 0 Å². The molecule has 0 heterocycles. The number of carbonyl (C=O) groups is 1. The van der Waals surface area contributed by atoms with E-state index < -0.39 is 0 Å². The standard InChI is InChI=1S/C15H23FN2O2/c1-11(2)14(10-17)15(19)18(3)7-8-20-13-6-4-5-12(16)9-13/h4-6,9,11,14H,7-8,10,17H2,1-3H3. The fourth-order valence-electron chi connectivity index (χ4n) is 1.91. The zero-order valence-corrected chi connectivity index (χ0v) is 12.3. The smallest absolute Gasteiger partial charge is 0.227 e. The van der Waals surface area contributed by atoms with E-state index >= 15 is 0 Å². The van der Waals surface area contributed by atoms with Gasteiger partial charge in [-0.3, -0.25) is 4.79 Å². The van der Waals surface area contributed by atoms with E-state index in [4.69, 9.17) is 10.5 Å². The number of nitrogens with zero attached hydrogens (tertiary/aromatic N) is 1. The lowest BCUT2D eigenvalue weighted by Gasteiger charge is -2.25. The van der Waals surface area contributed by atoms with Crippen LogP contribution in [0.3, 0.4) is 0 Å². The number of amides is 1. The molecule has 0 aliphatic carbocycles. The van der Waals surface area contributed by atoms with Gasteiger partial charge in [-0.05, 0) is 18.1 Å². The number of benzene rings is 1. The van der Waals surface area contributed by atoms with Gasteiger partial charge >= 0.3 is 0 Å². The first-order valence-electron chi connectivity index (χ1n) is 6.79. The van der Waals surface area contributed by atoms with Crippen molar-refractivity contribution in [2.45, 2.75) is 13.8 Å². The normalized spacial score (nSPS) is 12.3. The quantitative estimate of drug-likeness (QED) is 0.831. The highest BCUT2D eigenvalue weighted by atomic mass is 19.1. The minimum absolute atomic E-state index is 0.0188. The number of rotatable bonds is 7. The van der Waals surface area contributed by atoms with Crippen LogP contribution in [0.15, 0.2) is 24.3 Å². The zero-order valence-electron chi connectivity index (χ0n) is 12.3. The summed E-state index contributed by atoms with van der Waals surface area (Å²) < 4.78 is 18.4. The average Bonchev–Trinajstić information content (AvgIpc) is 2.38. The minimum Gasteiger partial charge on any atom is -0.492 e. The molecule has 0 aliphatic rings.